The van der Waals surface area contributed by atoms with Crippen LogP contribution in [0.25, 0.3) is 10.8 Å². The van der Waals surface area contributed by atoms with Crippen molar-refractivity contribution in [3.63, 3.8) is 0 Å². The summed E-state index contributed by atoms with van der Waals surface area (Å²) in [7, 11) is 0. The van der Waals surface area contributed by atoms with Gasteiger partial charge in [0.25, 0.3) is 0 Å². The molecule has 2 aromatic rings. The lowest BCUT2D eigenvalue weighted by Crippen LogP contribution is -1.97. The maximum atomic E-state index is 11.7. The first-order valence-electron chi connectivity index (χ1n) is 5.40. The van der Waals surface area contributed by atoms with Gasteiger partial charge >= 0.3 is 0 Å². The van der Waals surface area contributed by atoms with E-state index < -0.39 is 6.10 Å². The molecule has 1 heteroatoms. The summed E-state index contributed by atoms with van der Waals surface area (Å²) in [5, 5.41) is 14.0. The first kappa shape index (κ1) is 10.2. The van der Waals surface area contributed by atoms with Crippen LogP contribution in [0.2, 0.25) is 0 Å². The van der Waals surface area contributed by atoms with Crippen molar-refractivity contribution < 1.29 is 5.11 Å². The molecule has 0 aliphatic rings. The molecule has 1 nitrogen and oxygen atoms in total. The molecule has 0 aromatic heterocycles. The molecule has 2 rings (SSSR count). The highest BCUT2D eigenvalue weighted by Crippen LogP contribution is 2.28. The van der Waals surface area contributed by atoms with Crippen molar-refractivity contribution in [2.24, 2.45) is 0 Å². The molecule has 0 amide bonds. The van der Waals surface area contributed by atoms with E-state index in [1.54, 1.807) is 6.92 Å². The first-order chi connectivity index (χ1) is 7.24. The third-order valence-electron chi connectivity index (χ3n) is 2.85. The number of hydrogen-bond donors (Lipinski definition) is 0. The quantitative estimate of drug-likeness (QED) is 0.699. The monoisotopic (exact) mass is 199 g/mol. The average molecular weight is 199 g/mol. The van der Waals surface area contributed by atoms with Crippen LogP contribution in [0.3, 0.4) is 0 Å². The molecule has 0 aliphatic heterocycles. The molecule has 15 heavy (non-hydrogen) atoms. The summed E-state index contributed by atoms with van der Waals surface area (Å²) < 4.78 is 0. The van der Waals surface area contributed by atoms with Crippen molar-refractivity contribution in [2.75, 3.05) is 0 Å². The maximum absolute atomic E-state index is 11.7. The van der Waals surface area contributed by atoms with E-state index in [9.17, 15) is 5.11 Å². The Morgan fingerprint density at radius 1 is 1.13 bits per heavy atom. The van der Waals surface area contributed by atoms with Gasteiger partial charge in [0.2, 0.25) is 0 Å². The van der Waals surface area contributed by atoms with Crippen LogP contribution in [-0.4, -0.2) is 0 Å². The third-order valence-corrected chi connectivity index (χ3v) is 2.85. The minimum Gasteiger partial charge on any atom is -0.228 e. The Bertz CT molecular complexity index is 472. The van der Waals surface area contributed by atoms with Gasteiger partial charge in [0.1, 0.15) is 6.10 Å². The lowest BCUT2D eigenvalue weighted by atomic mass is 9.94. The second-order valence-corrected chi connectivity index (χ2v) is 3.86. The van der Waals surface area contributed by atoms with Crippen molar-refractivity contribution in [3.05, 3.63) is 47.5 Å². The number of fused-ring (bicyclic) bond motifs is 1. The topological polar surface area (TPSA) is 19.9 Å². The molecule has 1 unspecified atom stereocenters. The van der Waals surface area contributed by atoms with Crippen molar-refractivity contribution in [1.82, 2.24) is 0 Å². The Kier molecular flexibility index (Phi) is 2.74. The molecule has 2 aromatic carbocycles. The molecule has 0 heterocycles. The lowest BCUT2D eigenvalue weighted by Gasteiger charge is -2.12. The molecule has 0 spiro atoms. The molecule has 0 fully saturated rings. The second-order valence-electron chi connectivity index (χ2n) is 3.86. The molecular formula is C14H15O. The van der Waals surface area contributed by atoms with E-state index in [4.69, 9.17) is 0 Å². The predicted octanol–water partition coefficient (Wildman–Crippen LogP) is 3.89. The summed E-state index contributed by atoms with van der Waals surface area (Å²) in [6.07, 6.45) is 0.276. The van der Waals surface area contributed by atoms with Gasteiger partial charge in [0.05, 0.1) is 0 Å². The highest BCUT2D eigenvalue weighted by molar-refractivity contribution is 5.87. The molecule has 77 valence electrons. The highest BCUT2D eigenvalue weighted by Gasteiger charge is 2.11. The lowest BCUT2D eigenvalue weighted by molar-refractivity contribution is 0.107. The van der Waals surface area contributed by atoms with Crippen LogP contribution in [-0.2, 0) is 11.5 Å². The zero-order chi connectivity index (χ0) is 10.8. The Balaban J connectivity index is 2.79. The van der Waals surface area contributed by atoms with E-state index in [2.05, 4.69) is 25.1 Å². The molecule has 1 atom stereocenters. The second kappa shape index (κ2) is 4.03. The Hall–Kier alpha value is -1.34. The third kappa shape index (κ3) is 1.75. The van der Waals surface area contributed by atoms with Gasteiger partial charge in [-0.15, -0.1) is 0 Å². The molecule has 0 bridgehead atoms. The van der Waals surface area contributed by atoms with Crippen LogP contribution < -0.4 is 0 Å². The number of benzene rings is 2. The smallest absolute Gasteiger partial charge is 0.116 e. The fraction of sp³-hybridized carbons (Fsp3) is 0.286. The standard InChI is InChI=1S/C14H15O/c1-3-11-8-9-12-6-4-5-7-13(12)14(11)10(2)15/h4-10H,3H2,1-2H3. The minimum atomic E-state index is -0.647. The summed E-state index contributed by atoms with van der Waals surface area (Å²) in [6, 6.07) is 12.3. The van der Waals surface area contributed by atoms with E-state index in [-0.39, 0.29) is 0 Å². The molecule has 0 N–H and O–H groups in total. The van der Waals surface area contributed by atoms with E-state index in [0.717, 1.165) is 22.8 Å². The number of hydrogen-bond acceptors (Lipinski definition) is 0. The fourth-order valence-electron chi connectivity index (χ4n) is 2.13. The van der Waals surface area contributed by atoms with Crippen molar-refractivity contribution in [1.29, 1.82) is 0 Å². The van der Waals surface area contributed by atoms with Crippen LogP contribution in [0.5, 0.6) is 0 Å². The predicted molar refractivity (Wildman–Crippen MR) is 62.4 cm³/mol. The van der Waals surface area contributed by atoms with E-state index >= 15 is 0 Å². The van der Waals surface area contributed by atoms with Gasteiger partial charge in [-0.2, -0.15) is 0 Å². The van der Waals surface area contributed by atoms with Crippen molar-refractivity contribution in [3.8, 4) is 0 Å². The van der Waals surface area contributed by atoms with Gasteiger partial charge in [0.15, 0.2) is 0 Å². The van der Waals surface area contributed by atoms with Gasteiger partial charge in [-0.3, -0.25) is 0 Å². The Morgan fingerprint density at radius 3 is 2.53 bits per heavy atom. The molecular weight excluding hydrogens is 184 g/mol. The van der Waals surface area contributed by atoms with Gasteiger partial charge < -0.3 is 0 Å². The fourth-order valence-corrected chi connectivity index (χ4v) is 2.13. The van der Waals surface area contributed by atoms with E-state index in [1.165, 1.54) is 5.56 Å². The maximum Gasteiger partial charge on any atom is 0.116 e. The van der Waals surface area contributed by atoms with Gasteiger partial charge in [-0.05, 0) is 35.2 Å². The molecule has 1 radical (unpaired) electrons. The van der Waals surface area contributed by atoms with E-state index in [1.807, 2.05) is 18.2 Å². The van der Waals surface area contributed by atoms with Crippen LogP contribution in [0.4, 0.5) is 0 Å². The molecule has 0 aliphatic carbocycles. The minimum absolute atomic E-state index is 0.647. The first-order valence-corrected chi connectivity index (χ1v) is 5.40. The normalized spacial score (nSPS) is 13.0. The van der Waals surface area contributed by atoms with Crippen LogP contribution >= 0.6 is 0 Å². The summed E-state index contributed by atoms with van der Waals surface area (Å²) in [4.78, 5) is 0. The van der Waals surface area contributed by atoms with Gasteiger partial charge in [-0.1, -0.05) is 43.3 Å². The van der Waals surface area contributed by atoms with Crippen molar-refractivity contribution in [2.45, 2.75) is 26.4 Å². The SMILES string of the molecule is CCc1ccc2ccccc2c1C(C)[O]. The van der Waals surface area contributed by atoms with Gasteiger partial charge in [-0.25, -0.2) is 5.11 Å². The molecule has 0 saturated carbocycles. The Morgan fingerprint density at radius 2 is 1.87 bits per heavy atom. The summed E-state index contributed by atoms with van der Waals surface area (Å²) >= 11 is 0. The Labute approximate surface area is 90.4 Å². The zero-order valence-electron chi connectivity index (χ0n) is 9.16. The van der Waals surface area contributed by atoms with Gasteiger partial charge in [0, 0.05) is 0 Å². The van der Waals surface area contributed by atoms with Crippen molar-refractivity contribution >= 4 is 10.8 Å². The van der Waals surface area contributed by atoms with Crippen LogP contribution in [0, 0.1) is 0 Å². The van der Waals surface area contributed by atoms with E-state index in [0.29, 0.717) is 0 Å². The van der Waals surface area contributed by atoms with Crippen LogP contribution in [0.1, 0.15) is 31.1 Å². The zero-order valence-corrected chi connectivity index (χ0v) is 9.16. The summed E-state index contributed by atoms with van der Waals surface area (Å²) in [5.41, 5.74) is 2.15. The summed E-state index contributed by atoms with van der Waals surface area (Å²) in [5.74, 6) is 0. The largest absolute Gasteiger partial charge is 0.228 e. The number of aryl methyl sites for hydroxylation is 1. The summed E-state index contributed by atoms with van der Waals surface area (Å²) in [6.45, 7) is 3.82. The molecule has 0 saturated heterocycles. The van der Waals surface area contributed by atoms with Crippen LogP contribution in [0.15, 0.2) is 36.4 Å². The highest BCUT2D eigenvalue weighted by atomic mass is 16.3. The average Bonchev–Trinajstić information content (AvgIpc) is 2.27. The number of rotatable bonds is 2.